The van der Waals surface area contributed by atoms with E-state index in [1.165, 1.54) is 6.92 Å². The Bertz CT molecular complexity index is 753. The smallest absolute Gasteiger partial charge is 0.272 e. The van der Waals surface area contributed by atoms with Crippen LogP contribution in [0.1, 0.15) is 53.6 Å². The maximum absolute atomic E-state index is 12.6. The number of nitrogens with one attached hydrogen (secondary N) is 3. The van der Waals surface area contributed by atoms with Crippen LogP contribution in [0.5, 0.6) is 0 Å². The standard InChI is InChI=1S/C18H22N4O2/c1-3-6-13-10-16(22-21-13)18(24)20-17-14-8-5-4-7-12(14)9-15(17)19-11(2)23/h4-5,7-8,10,15,17H,3,6,9H2,1-2H3,(H,19,23)(H,20,24)(H,21,22). The van der Waals surface area contributed by atoms with Gasteiger partial charge in [0.05, 0.1) is 12.1 Å². The van der Waals surface area contributed by atoms with Crippen LogP contribution in [0.2, 0.25) is 0 Å². The third kappa shape index (κ3) is 3.32. The molecule has 1 aromatic heterocycles. The molecule has 2 atom stereocenters. The number of aryl methyl sites for hydroxylation is 1. The van der Waals surface area contributed by atoms with Gasteiger partial charge in [0.15, 0.2) is 0 Å². The molecule has 2 amide bonds. The Hall–Kier alpha value is -2.63. The first-order chi connectivity index (χ1) is 11.6. The van der Waals surface area contributed by atoms with Gasteiger partial charge in [0.25, 0.3) is 5.91 Å². The zero-order valence-corrected chi connectivity index (χ0v) is 13.9. The first-order valence-corrected chi connectivity index (χ1v) is 8.28. The molecule has 2 unspecified atom stereocenters. The maximum Gasteiger partial charge on any atom is 0.272 e. The molecule has 0 saturated heterocycles. The molecule has 3 N–H and O–H groups in total. The summed E-state index contributed by atoms with van der Waals surface area (Å²) in [6, 6.07) is 9.34. The number of carbonyl (C=O) groups excluding carboxylic acids is 2. The lowest BCUT2D eigenvalue weighted by atomic mass is 10.1. The van der Waals surface area contributed by atoms with E-state index in [1.54, 1.807) is 6.07 Å². The quantitative estimate of drug-likeness (QED) is 0.784. The van der Waals surface area contributed by atoms with Crippen molar-refractivity contribution in [2.45, 2.75) is 45.2 Å². The minimum absolute atomic E-state index is 0.0999. The minimum Gasteiger partial charge on any atom is -0.351 e. The Morgan fingerprint density at radius 3 is 2.83 bits per heavy atom. The van der Waals surface area contributed by atoms with Crippen molar-refractivity contribution in [2.75, 3.05) is 0 Å². The van der Waals surface area contributed by atoms with Gasteiger partial charge >= 0.3 is 0 Å². The SMILES string of the molecule is CCCc1cc(C(=O)NC2c3ccccc3CC2NC(C)=O)n[nH]1. The highest BCUT2D eigenvalue weighted by Gasteiger charge is 2.34. The summed E-state index contributed by atoms with van der Waals surface area (Å²) in [5.74, 6) is -0.331. The molecule has 3 rings (SSSR count). The Morgan fingerprint density at radius 2 is 2.08 bits per heavy atom. The number of nitrogens with zero attached hydrogens (tertiary/aromatic N) is 1. The third-order valence-electron chi connectivity index (χ3n) is 4.29. The first-order valence-electron chi connectivity index (χ1n) is 8.28. The van der Waals surface area contributed by atoms with Crippen LogP contribution in [0.15, 0.2) is 30.3 Å². The Kier molecular flexibility index (Phi) is 4.64. The van der Waals surface area contributed by atoms with Gasteiger partial charge in [0, 0.05) is 12.6 Å². The second-order valence-corrected chi connectivity index (χ2v) is 6.19. The lowest BCUT2D eigenvalue weighted by Gasteiger charge is -2.22. The summed E-state index contributed by atoms with van der Waals surface area (Å²) < 4.78 is 0. The highest BCUT2D eigenvalue weighted by Crippen LogP contribution is 2.31. The van der Waals surface area contributed by atoms with Crippen molar-refractivity contribution in [2.24, 2.45) is 0 Å². The van der Waals surface area contributed by atoms with Crippen LogP contribution in [-0.4, -0.2) is 28.1 Å². The molecular formula is C18H22N4O2. The average Bonchev–Trinajstić information content (AvgIpc) is 3.13. The summed E-state index contributed by atoms with van der Waals surface area (Å²) in [4.78, 5) is 24.0. The zero-order valence-electron chi connectivity index (χ0n) is 13.9. The van der Waals surface area contributed by atoms with E-state index in [4.69, 9.17) is 0 Å². The predicted molar refractivity (Wildman–Crippen MR) is 90.5 cm³/mol. The van der Waals surface area contributed by atoms with Gasteiger partial charge in [-0.25, -0.2) is 0 Å². The molecule has 0 aliphatic heterocycles. The monoisotopic (exact) mass is 326 g/mol. The normalized spacial score (nSPS) is 18.9. The molecule has 0 spiro atoms. The largest absolute Gasteiger partial charge is 0.351 e. The number of hydrogen-bond acceptors (Lipinski definition) is 3. The summed E-state index contributed by atoms with van der Waals surface area (Å²) in [5.41, 5.74) is 3.53. The molecule has 0 radical (unpaired) electrons. The second-order valence-electron chi connectivity index (χ2n) is 6.19. The number of rotatable bonds is 5. The highest BCUT2D eigenvalue weighted by molar-refractivity contribution is 5.92. The molecule has 0 saturated carbocycles. The van der Waals surface area contributed by atoms with Gasteiger partial charge in [-0.2, -0.15) is 5.10 Å². The Labute approximate surface area is 141 Å². The third-order valence-corrected chi connectivity index (χ3v) is 4.29. The number of carbonyl (C=O) groups is 2. The van der Waals surface area contributed by atoms with Crippen molar-refractivity contribution >= 4 is 11.8 Å². The van der Waals surface area contributed by atoms with Crippen LogP contribution in [0, 0.1) is 0 Å². The van der Waals surface area contributed by atoms with E-state index < -0.39 is 0 Å². The summed E-state index contributed by atoms with van der Waals surface area (Å²) in [6.07, 6.45) is 2.56. The number of hydrogen-bond donors (Lipinski definition) is 3. The van der Waals surface area contributed by atoms with Crippen LogP contribution in [0.25, 0.3) is 0 Å². The molecule has 1 aromatic carbocycles. The summed E-state index contributed by atoms with van der Waals surface area (Å²) in [5, 5.41) is 13.0. The van der Waals surface area contributed by atoms with Crippen LogP contribution < -0.4 is 10.6 Å². The summed E-state index contributed by atoms with van der Waals surface area (Å²) in [6.45, 7) is 3.57. The van der Waals surface area contributed by atoms with Gasteiger partial charge in [0.1, 0.15) is 5.69 Å². The van der Waals surface area contributed by atoms with Crippen LogP contribution >= 0.6 is 0 Å². The van der Waals surface area contributed by atoms with Crippen molar-refractivity contribution in [3.05, 3.63) is 52.8 Å². The topological polar surface area (TPSA) is 86.9 Å². The van der Waals surface area contributed by atoms with E-state index in [0.717, 1.165) is 29.7 Å². The summed E-state index contributed by atoms with van der Waals surface area (Å²) >= 11 is 0. The number of aromatic amines is 1. The van der Waals surface area contributed by atoms with Gasteiger partial charge in [-0.15, -0.1) is 0 Å². The molecule has 0 fully saturated rings. The van der Waals surface area contributed by atoms with Gasteiger partial charge in [-0.3, -0.25) is 14.7 Å². The van der Waals surface area contributed by atoms with Crippen molar-refractivity contribution in [1.82, 2.24) is 20.8 Å². The van der Waals surface area contributed by atoms with Crippen molar-refractivity contribution < 1.29 is 9.59 Å². The second kappa shape index (κ2) is 6.86. The molecule has 1 aliphatic rings. The molecule has 6 nitrogen and oxygen atoms in total. The highest BCUT2D eigenvalue weighted by atomic mass is 16.2. The number of fused-ring (bicyclic) bond motifs is 1. The van der Waals surface area contributed by atoms with E-state index in [2.05, 4.69) is 27.8 Å². The fourth-order valence-corrected chi connectivity index (χ4v) is 3.26. The van der Waals surface area contributed by atoms with Crippen LogP contribution in [0.4, 0.5) is 0 Å². The van der Waals surface area contributed by atoms with Gasteiger partial charge in [0.2, 0.25) is 5.91 Å². The van der Waals surface area contributed by atoms with Gasteiger partial charge < -0.3 is 10.6 Å². The molecular weight excluding hydrogens is 304 g/mol. The van der Waals surface area contributed by atoms with E-state index in [0.29, 0.717) is 12.1 Å². The fraction of sp³-hybridized carbons (Fsp3) is 0.389. The Morgan fingerprint density at radius 1 is 1.29 bits per heavy atom. The number of amides is 2. The lowest BCUT2D eigenvalue weighted by molar-refractivity contribution is -0.119. The van der Waals surface area contributed by atoms with E-state index >= 15 is 0 Å². The maximum atomic E-state index is 12.6. The van der Waals surface area contributed by atoms with Gasteiger partial charge in [-0.1, -0.05) is 37.6 Å². The van der Waals surface area contributed by atoms with Crippen LogP contribution in [-0.2, 0) is 17.6 Å². The lowest BCUT2D eigenvalue weighted by Crippen LogP contribution is -2.43. The van der Waals surface area contributed by atoms with E-state index in [9.17, 15) is 9.59 Å². The molecule has 1 aliphatic carbocycles. The fourth-order valence-electron chi connectivity index (χ4n) is 3.26. The molecule has 2 aromatic rings. The Balaban J connectivity index is 1.79. The van der Waals surface area contributed by atoms with Crippen molar-refractivity contribution in [3.63, 3.8) is 0 Å². The van der Waals surface area contributed by atoms with E-state index in [-0.39, 0.29) is 23.9 Å². The first kappa shape index (κ1) is 16.2. The van der Waals surface area contributed by atoms with Crippen molar-refractivity contribution in [1.29, 1.82) is 0 Å². The molecule has 126 valence electrons. The van der Waals surface area contributed by atoms with Crippen LogP contribution in [0.3, 0.4) is 0 Å². The molecule has 6 heteroatoms. The zero-order chi connectivity index (χ0) is 17.1. The number of H-pyrrole nitrogens is 1. The molecule has 1 heterocycles. The average molecular weight is 326 g/mol. The molecule has 24 heavy (non-hydrogen) atoms. The van der Waals surface area contributed by atoms with Gasteiger partial charge in [-0.05, 0) is 30.0 Å². The predicted octanol–water partition coefficient (Wildman–Crippen LogP) is 1.89. The van der Waals surface area contributed by atoms with Crippen molar-refractivity contribution in [3.8, 4) is 0 Å². The van der Waals surface area contributed by atoms with E-state index in [1.807, 2.05) is 24.3 Å². The number of benzene rings is 1. The molecule has 0 bridgehead atoms. The summed E-state index contributed by atoms with van der Waals surface area (Å²) in [7, 11) is 0. The minimum atomic E-state index is -0.246. The number of aromatic nitrogens is 2.